The van der Waals surface area contributed by atoms with Crippen LogP contribution in [0.25, 0.3) is 11.0 Å². The van der Waals surface area contributed by atoms with Crippen LogP contribution in [0.4, 0.5) is 8.78 Å². The Morgan fingerprint density at radius 2 is 1.96 bits per heavy atom. The Balaban J connectivity index is 1.78. The van der Waals surface area contributed by atoms with Crippen molar-refractivity contribution in [3.05, 3.63) is 53.9 Å². The van der Waals surface area contributed by atoms with Crippen LogP contribution in [0.15, 0.2) is 42.5 Å². The first kappa shape index (κ1) is 17.7. The second kappa shape index (κ2) is 7.38. The van der Waals surface area contributed by atoms with Gasteiger partial charge in [0.2, 0.25) is 0 Å². The first-order chi connectivity index (χ1) is 12.5. The minimum Gasteiger partial charge on any atom is -0.493 e. The zero-order valence-corrected chi connectivity index (χ0v) is 14.1. The van der Waals surface area contributed by atoms with E-state index in [4.69, 9.17) is 4.74 Å². The number of aromatic nitrogens is 2. The summed E-state index contributed by atoms with van der Waals surface area (Å²) in [6, 6.07) is 11.2. The quantitative estimate of drug-likeness (QED) is 0.702. The fourth-order valence-corrected chi connectivity index (χ4v) is 2.53. The molecule has 0 radical (unpaired) electrons. The van der Waals surface area contributed by atoms with E-state index in [1.165, 1.54) is 25.3 Å². The summed E-state index contributed by atoms with van der Waals surface area (Å²) >= 11 is 0. The fourth-order valence-electron chi connectivity index (χ4n) is 2.53. The number of aromatic amines is 1. The predicted molar refractivity (Wildman–Crippen MR) is 91.6 cm³/mol. The van der Waals surface area contributed by atoms with E-state index < -0.39 is 18.6 Å². The topological polar surface area (TPSA) is 76.2 Å². The molecule has 1 aromatic heterocycles. The number of imidazole rings is 1. The molecule has 0 saturated heterocycles. The minimum absolute atomic E-state index is 0.118. The number of rotatable bonds is 6. The van der Waals surface area contributed by atoms with E-state index in [9.17, 15) is 13.6 Å². The third-order valence-electron chi connectivity index (χ3n) is 3.81. The van der Waals surface area contributed by atoms with Crippen LogP contribution in [0.1, 0.15) is 29.1 Å². The van der Waals surface area contributed by atoms with E-state index in [1.807, 2.05) is 24.3 Å². The molecule has 3 aromatic rings. The molecule has 1 heterocycles. The van der Waals surface area contributed by atoms with Gasteiger partial charge in [0.15, 0.2) is 11.5 Å². The lowest BCUT2D eigenvalue weighted by Gasteiger charge is -2.14. The molecule has 1 unspecified atom stereocenters. The third-order valence-corrected chi connectivity index (χ3v) is 3.81. The number of hydrogen-bond acceptors (Lipinski definition) is 4. The lowest BCUT2D eigenvalue weighted by atomic mass is 10.1. The van der Waals surface area contributed by atoms with E-state index in [0.717, 1.165) is 11.0 Å². The molecule has 3 rings (SSSR count). The van der Waals surface area contributed by atoms with Gasteiger partial charge in [0, 0.05) is 5.56 Å². The van der Waals surface area contributed by atoms with E-state index in [-0.39, 0.29) is 17.1 Å². The number of halogens is 2. The average Bonchev–Trinajstić information content (AvgIpc) is 3.05. The second-order valence-corrected chi connectivity index (χ2v) is 5.58. The number of methoxy groups -OCH3 is 1. The van der Waals surface area contributed by atoms with Crippen LogP contribution in [0.3, 0.4) is 0 Å². The summed E-state index contributed by atoms with van der Waals surface area (Å²) in [7, 11) is 1.33. The van der Waals surface area contributed by atoms with Gasteiger partial charge in [0.05, 0.1) is 24.2 Å². The molecule has 0 saturated carbocycles. The number of nitrogens with zero attached hydrogens (tertiary/aromatic N) is 1. The van der Waals surface area contributed by atoms with Gasteiger partial charge in [-0.2, -0.15) is 8.78 Å². The molecule has 1 atom stereocenters. The van der Waals surface area contributed by atoms with E-state index in [2.05, 4.69) is 20.0 Å². The van der Waals surface area contributed by atoms with Gasteiger partial charge >= 0.3 is 6.61 Å². The number of ether oxygens (including phenoxy) is 2. The number of alkyl halides is 2. The summed E-state index contributed by atoms with van der Waals surface area (Å²) in [5, 5.41) is 2.77. The summed E-state index contributed by atoms with van der Waals surface area (Å²) in [4.78, 5) is 20.0. The van der Waals surface area contributed by atoms with Crippen LogP contribution in [0.5, 0.6) is 11.5 Å². The molecule has 6 nitrogen and oxygen atoms in total. The number of carbonyl (C=O) groups is 1. The average molecular weight is 361 g/mol. The number of H-pyrrole nitrogens is 1. The molecular formula is C18H17F2N3O3. The molecule has 1 amide bonds. The molecule has 2 aromatic carbocycles. The molecule has 26 heavy (non-hydrogen) atoms. The molecule has 0 aliphatic heterocycles. The van der Waals surface area contributed by atoms with Gasteiger partial charge in [-0.15, -0.1) is 0 Å². The van der Waals surface area contributed by atoms with E-state index in [0.29, 0.717) is 5.82 Å². The number of hydrogen-bond donors (Lipinski definition) is 2. The van der Waals surface area contributed by atoms with Crippen LogP contribution < -0.4 is 14.8 Å². The molecule has 0 bridgehead atoms. The van der Waals surface area contributed by atoms with Crippen LogP contribution in [0.2, 0.25) is 0 Å². The van der Waals surface area contributed by atoms with Gasteiger partial charge in [0.1, 0.15) is 5.82 Å². The van der Waals surface area contributed by atoms with Crippen molar-refractivity contribution in [2.45, 2.75) is 19.6 Å². The normalized spacial score (nSPS) is 12.2. The number of carbonyl (C=O) groups excluding carboxylic acids is 1. The molecule has 2 N–H and O–H groups in total. The van der Waals surface area contributed by atoms with Gasteiger partial charge < -0.3 is 19.8 Å². The Labute approximate surface area is 148 Å². The highest BCUT2D eigenvalue weighted by molar-refractivity contribution is 5.95. The highest BCUT2D eigenvalue weighted by Crippen LogP contribution is 2.29. The molecule has 8 heteroatoms. The summed E-state index contributed by atoms with van der Waals surface area (Å²) in [6.45, 7) is -1.24. The van der Waals surface area contributed by atoms with Crippen molar-refractivity contribution in [1.29, 1.82) is 0 Å². The van der Waals surface area contributed by atoms with Gasteiger partial charge in [-0.05, 0) is 37.3 Å². The van der Waals surface area contributed by atoms with Crippen LogP contribution in [0, 0.1) is 0 Å². The Bertz CT molecular complexity index is 894. The van der Waals surface area contributed by atoms with Gasteiger partial charge in [-0.25, -0.2) is 4.98 Å². The highest BCUT2D eigenvalue weighted by Gasteiger charge is 2.18. The zero-order valence-electron chi connectivity index (χ0n) is 14.1. The monoisotopic (exact) mass is 361 g/mol. The van der Waals surface area contributed by atoms with Gasteiger partial charge in [0.25, 0.3) is 5.91 Å². The Morgan fingerprint density at radius 3 is 2.65 bits per heavy atom. The highest BCUT2D eigenvalue weighted by atomic mass is 19.3. The van der Waals surface area contributed by atoms with Crippen molar-refractivity contribution in [1.82, 2.24) is 15.3 Å². The first-order valence-electron chi connectivity index (χ1n) is 7.86. The fraction of sp³-hybridized carbons (Fsp3) is 0.222. The van der Waals surface area contributed by atoms with Gasteiger partial charge in [-0.3, -0.25) is 4.79 Å². The number of para-hydroxylation sites is 2. The lowest BCUT2D eigenvalue weighted by molar-refractivity contribution is -0.0512. The summed E-state index contributed by atoms with van der Waals surface area (Å²) < 4.78 is 34.4. The van der Waals surface area contributed by atoms with Crippen molar-refractivity contribution in [2.75, 3.05) is 7.11 Å². The second-order valence-electron chi connectivity index (χ2n) is 5.58. The minimum atomic E-state index is -3.02. The van der Waals surface area contributed by atoms with Crippen LogP contribution >= 0.6 is 0 Å². The van der Waals surface area contributed by atoms with E-state index >= 15 is 0 Å². The molecule has 0 spiro atoms. The van der Waals surface area contributed by atoms with Crippen LogP contribution in [-0.2, 0) is 0 Å². The maximum Gasteiger partial charge on any atom is 0.387 e. The predicted octanol–water partition coefficient (Wildman–Crippen LogP) is 3.66. The van der Waals surface area contributed by atoms with Crippen molar-refractivity contribution in [3.63, 3.8) is 0 Å². The maximum atomic E-state index is 12.5. The number of benzene rings is 2. The molecule has 0 fully saturated rings. The van der Waals surface area contributed by atoms with Crippen molar-refractivity contribution < 1.29 is 23.0 Å². The molecule has 136 valence electrons. The van der Waals surface area contributed by atoms with Crippen molar-refractivity contribution in [2.24, 2.45) is 0 Å². The van der Waals surface area contributed by atoms with Gasteiger partial charge in [-0.1, -0.05) is 12.1 Å². The number of amides is 1. The summed E-state index contributed by atoms with van der Waals surface area (Å²) in [5.41, 5.74) is 1.82. The Morgan fingerprint density at radius 1 is 1.19 bits per heavy atom. The smallest absolute Gasteiger partial charge is 0.387 e. The first-order valence-corrected chi connectivity index (χ1v) is 7.86. The number of fused-ring (bicyclic) bond motifs is 1. The molecular weight excluding hydrogens is 344 g/mol. The lowest BCUT2D eigenvalue weighted by Crippen LogP contribution is -2.27. The summed E-state index contributed by atoms with van der Waals surface area (Å²) in [6.07, 6.45) is 0. The zero-order chi connectivity index (χ0) is 18.7. The maximum absolute atomic E-state index is 12.5. The van der Waals surface area contributed by atoms with Crippen LogP contribution in [-0.4, -0.2) is 29.6 Å². The SMILES string of the molecule is COc1ccc(C(=O)NC(C)c2nc3ccccc3[nH]2)cc1OC(F)F. The standard InChI is InChI=1S/C18H17F2N3O3/c1-10(16-22-12-5-3-4-6-13(12)23-16)21-17(24)11-7-8-14(25-2)15(9-11)26-18(19)20/h3-10,18H,1-2H3,(H,21,24)(H,22,23). The Kier molecular flexibility index (Phi) is 5.01. The molecule has 0 aliphatic rings. The Hall–Kier alpha value is -3.16. The van der Waals surface area contributed by atoms with Crippen molar-refractivity contribution in [3.8, 4) is 11.5 Å². The van der Waals surface area contributed by atoms with Crippen molar-refractivity contribution >= 4 is 16.9 Å². The van der Waals surface area contributed by atoms with E-state index in [1.54, 1.807) is 6.92 Å². The molecule has 0 aliphatic carbocycles. The largest absolute Gasteiger partial charge is 0.493 e. The number of nitrogens with one attached hydrogen (secondary N) is 2. The summed E-state index contributed by atoms with van der Waals surface area (Å²) in [5.74, 6) is 0.0653. The third kappa shape index (κ3) is 3.74.